The first kappa shape index (κ1) is 32.1. The standard InChI is InChI=1S/C32H46N4O5/c1-4-24(21(2)3)17-29(37)27(16-23-13-9-6-10-14-23)35-31(39)28(18-25-19-33-20-34-25)36-30(38)26(32(40)41)15-22-11-7-5-8-12-22/h4-5,7-8,11-12,19-21,23-24,26-29,37H,1,6,9-10,13-18H2,2-3H3,(H,33,34)(H,35,39)(H,36,38)(H,40,41)/t24-,26?,27-,28-,29-/m0/s1. The normalized spacial score (nSPS) is 17.7. The molecule has 5 N–H and O–H groups in total. The molecule has 1 aromatic heterocycles. The Bertz CT molecular complexity index is 1100. The van der Waals surface area contributed by atoms with Crippen molar-refractivity contribution in [2.75, 3.05) is 0 Å². The van der Waals surface area contributed by atoms with Crippen LogP contribution in [0.3, 0.4) is 0 Å². The molecule has 2 amide bonds. The number of rotatable bonds is 16. The van der Waals surface area contributed by atoms with Crippen LogP contribution in [-0.2, 0) is 27.2 Å². The number of benzene rings is 1. The number of carbonyl (C=O) groups excluding carboxylic acids is 2. The van der Waals surface area contributed by atoms with E-state index in [9.17, 15) is 24.6 Å². The molecule has 1 aliphatic carbocycles. The van der Waals surface area contributed by atoms with Crippen LogP contribution in [0, 0.1) is 23.7 Å². The molecule has 3 rings (SSSR count). The number of hydrogen-bond acceptors (Lipinski definition) is 5. The summed E-state index contributed by atoms with van der Waals surface area (Å²) in [5.41, 5.74) is 1.26. The maximum atomic E-state index is 13.8. The summed E-state index contributed by atoms with van der Waals surface area (Å²) in [5, 5.41) is 26.9. The van der Waals surface area contributed by atoms with Crippen LogP contribution in [0.4, 0.5) is 0 Å². The van der Waals surface area contributed by atoms with E-state index in [4.69, 9.17) is 0 Å². The molecule has 41 heavy (non-hydrogen) atoms. The first-order valence-electron chi connectivity index (χ1n) is 14.8. The van der Waals surface area contributed by atoms with Gasteiger partial charge in [-0.3, -0.25) is 14.4 Å². The van der Waals surface area contributed by atoms with Gasteiger partial charge in [-0.15, -0.1) is 6.58 Å². The number of amides is 2. The number of nitrogens with zero attached hydrogens (tertiary/aromatic N) is 1. The molecule has 0 bridgehead atoms. The molecule has 5 atom stereocenters. The predicted octanol–water partition coefficient (Wildman–Crippen LogP) is 4.04. The summed E-state index contributed by atoms with van der Waals surface area (Å²) >= 11 is 0. The number of nitrogens with one attached hydrogen (secondary N) is 3. The third kappa shape index (κ3) is 10.1. The van der Waals surface area contributed by atoms with Gasteiger partial charge in [0.2, 0.25) is 11.8 Å². The molecule has 1 heterocycles. The fourth-order valence-electron chi connectivity index (χ4n) is 5.70. The van der Waals surface area contributed by atoms with Crippen molar-refractivity contribution in [1.29, 1.82) is 0 Å². The van der Waals surface area contributed by atoms with Gasteiger partial charge in [0.15, 0.2) is 0 Å². The van der Waals surface area contributed by atoms with Crippen molar-refractivity contribution in [1.82, 2.24) is 20.6 Å². The molecule has 0 spiro atoms. The Morgan fingerprint density at radius 2 is 1.78 bits per heavy atom. The summed E-state index contributed by atoms with van der Waals surface area (Å²) in [4.78, 5) is 46.2. The second-order valence-electron chi connectivity index (χ2n) is 11.7. The molecule has 1 fully saturated rings. The smallest absolute Gasteiger partial charge is 0.316 e. The zero-order valence-electron chi connectivity index (χ0n) is 24.3. The molecule has 1 aromatic carbocycles. The molecule has 0 radical (unpaired) electrons. The van der Waals surface area contributed by atoms with E-state index in [1.165, 1.54) is 12.7 Å². The number of carboxylic acids is 1. The van der Waals surface area contributed by atoms with E-state index in [2.05, 4.69) is 41.0 Å². The maximum absolute atomic E-state index is 13.8. The number of aliphatic hydroxyl groups excluding tert-OH is 1. The summed E-state index contributed by atoms with van der Waals surface area (Å²) in [6.45, 7) is 8.09. The van der Waals surface area contributed by atoms with Gasteiger partial charge in [0.05, 0.1) is 24.2 Å². The van der Waals surface area contributed by atoms with E-state index in [1.54, 1.807) is 30.5 Å². The number of hydrogen-bond donors (Lipinski definition) is 5. The highest BCUT2D eigenvalue weighted by atomic mass is 16.4. The molecular weight excluding hydrogens is 520 g/mol. The van der Waals surface area contributed by atoms with E-state index in [0.717, 1.165) is 25.7 Å². The van der Waals surface area contributed by atoms with Crippen molar-refractivity contribution in [2.24, 2.45) is 23.7 Å². The molecule has 1 saturated carbocycles. The Morgan fingerprint density at radius 1 is 1.07 bits per heavy atom. The number of carbonyl (C=O) groups is 3. The monoisotopic (exact) mass is 566 g/mol. The van der Waals surface area contributed by atoms with E-state index in [0.29, 0.717) is 30.0 Å². The number of imidazole rings is 1. The number of H-pyrrole nitrogens is 1. The maximum Gasteiger partial charge on any atom is 0.316 e. The van der Waals surface area contributed by atoms with Crippen LogP contribution in [0.5, 0.6) is 0 Å². The SMILES string of the molecule is C=C[C@@H](C[C@H](O)[C@H](CC1CCCCC1)NC(=O)[C@H](Cc1c[nH]cn1)NC(=O)C(Cc1ccccc1)C(=O)O)C(C)C. The van der Waals surface area contributed by atoms with Crippen molar-refractivity contribution in [3.05, 3.63) is 66.8 Å². The predicted molar refractivity (Wildman–Crippen MR) is 158 cm³/mol. The molecule has 224 valence electrons. The average Bonchev–Trinajstić information content (AvgIpc) is 3.47. The fraction of sp³-hybridized carbons (Fsp3) is 0.562. The first-order chi connectivity index (χ1) is 19.7. The van der Waals surface area contributed by atoms with Crippen molar-refractivity contribution in [2.45, 2.75) is 89.8 Å². The summed E-state index contributed by atoms with van der Waals surface area (Å²) in [5.74, 6) is -3.07. The fourth-order valence-corrected chi connectivity index (χ4v) is 5.70. The topological polar surface area (TPSA) is 144 Å². The van der Waals surface area contributed by atoms with E-state index >= 15 is 0 Å². The van der Waals surface area contributed by atoms with E-state index < -0.39 is 41.9 Å². The van der Waals surface area contributed by atoms with Crippen molar-refractivity contribution in [3.63, 3.8) is 0 Å². The minimum absolute atomic E-state index is 0.0000859. The Kier molecular flexibility index (Phi) is 12.6. The Balaban J connectivity index is 1.79. The van der Waals surface area contributed by atoms with Gasteiger partial charge >= 0.3 is 5.97 Å². The highest BCUT2D eigenvalue weighted by molar-refractivity contribution is 5.99. The van der Waals surface area contributed by atoms with Crippen molar-refractivity contribution in [3.8, 4) is 0 Å². The summed E-state index contributed by atoms with van der Waals surface area (Å²) in [7, 11) is 0. The minimum atomic E-state index is -1.37. The number of aromatic nitrogens is 2. The van der Waals surface area contributed by atoms with Crippen LogP contribution in [0.15, 0.2) is 55.5 Å². The summed E-state index contributed by atoms with van der Waals surface area (Å²) < 4.78 is 0. The summed E-state index contributed by atoms with van der Waals surface area (Å²) in [6.07, 6.45) is 11.0. The number of aliphatic hydroxyl groups is 1. The van der Waals surface area contributed by atoms with Gasteiger partial charge < -0.3 is 25.8 Å². The van der Waals surface area contributed by atoms with Gasteiger partial charge in [-0.25, -0.2) is 4.98 Å². The molecular formula is C32H46N4O5. The highest BCUT2D eigenvalue weighted by Crippen LogP contribution is 2.30. The third-order valence-electron chi connectivity index (χ3n) is 8.28. The molecule has 0 aliphatic heterocycles. The lowest BCUT2D eigenvalue weighted by molar-refractivity contribution is -0.148. The van der Waals surface area contributed by atoms with Gasteiger partial charge in [0.1, 0.15) is 12.0 Å². The van der Waals surface area contributed by atoms with Gasteiger partial charge in [0, 0.05) is 12.6 Å². The third-order valence-corrected chi connectivity index (χ3v) is 8.28. The van der Waals surface area contributed by atoms with Crippen LogP contribution in [-0.4, -0.2) is 56.2 Å². The van der Waals surface area contributed by atoms with E-state index in [1.807, 2.05) is 12.1 Å². The molecule has 9 heteroatoms. The molecule has 9 nitrogen and oxygen atoms in total. The lowest BCUT2D eigenvalue weighted by atomic mass is 9.81. The molecule has 0 saturated heterocycles. The van der Waals surface area contributed by atoms with Crippen LogP contribution in [0.1, 0.15) is 70.1 Å². The Labute approximate surface area is 243 Å². The number of aliphatic carboxylic acids is 1. The van der Waals surface area contributed by atoms with Crippen LogP contribution in [0.25, 0.3) is 0 Å². The molecule has 2 aromatic rings. The first-order valence-corrected chi connectivity index (χ1v) is 14.8. The van der Waals surface area contributed by atoms with Gasteiger partial charge in [-0.1, -0.05) is 82.4 Å². The molecule has 1 aliphatic rings. The number of aromatic amines is 1. The highest BCUT2D eigenvalue weighted by Gasteiger charge is 2.34. The zero-order valence-corrected chi connectivity index (χ0v) is 24.3. The zero-order chi connectivity index (χ0) is 29.8. The quantitative estimate of drug-likeness (QED) is 0.153. The average molecular weight is 567 g/mol. The van der Waals surface area contributed by atoms with Gasteiger partial charge in [-0.05, 0) is 42.6 Å². The minimum Gasteiger partial charge on any atom is -0.481 e. The van der Waals surface area contributed by atoms with Crippen molar-refractivity contribution < 1.29 is 24.6 Å². The van der Waals surface area contributed by atoms with Crippen molar-refractivity contribution >= 4 is 17.8 Å². The summed E-state index contributed by atoms with van der Waals surface area (Å²) in [6, 6.07) is 7.35. The van der Waals surface area contributed by atoms with Gasteiger partial charge in [-0.2, -0.15) is 0 Å². The lowest BCUT2D eigenvalue weighted by Crippen LogP contribution is -2.55. The van der Waals surface area contributed by atoms with Crippen LogP contribution < -0.4 is 10.6 Å². The molecule has 1 unspecified atom stereocenters. The largest absolute Gasteiger partial charge is 0.481 e. The second kappa shape index (κ2) is 16.1. The lowest BCUT2D eigenvalue weighted by Gasteiger charge is -2.33. The second-order valence-corrected chi connectivity index (χ2v) is 11.7. The number of carboxylic acid groups (broad SMARTS) is 1. The van der Waals surface area contributed by atoms with Crippen LogP contribution in [0.2, 0.25) is 0 Å². The van der Waals surface area contributed by atoms with E-state index in [-0.39, 0.29) is 24.7 Å². The Morgan fingerprint density at radius 3 is 2.37 bits per heavy atom. The number of allylic oxidation sites excluding steroid dienone is 1. The Hall–Kier alpha value is -3.46. The van der Waals surface area contributed by atoms with Gasteiger partial charge in [0.25, 0.3) is 0 Å². The van der Waals surface area contributed by atoms with Crippen LogP contribution >= 0.6 is 0 Å².